The second kappa shape index (κ2) is 9.06. The van der Waals surface area contributed by atoms with Crippen molar-refractivity contribution in [1.82, 2.24) is 9.97 Å². The summed E-state index contributed by atoms with van der Waals surface area (Å²) in [4.78, 5) is 8.60. The van der Waals surface area contributed by atoms with Crippen molar-refractivity contribution in [2.24, 2.45) is 0 Å². The Labute approximate surface area is 166 Å². The normalized spacial score (nSPS) is 10.3. The standard InChI is InChI=1S/C20H17FN4O2S/c1-26-17-4-2-3-5-18(17)27-11-16-15(10-22)19(23)25-20(24-16)28-12-13-6-8-14(21)9-7-13/h2-9H,11-12H2,1H3,(H2,23,24,25). The number of thioether (sulfide) groups is 1. The third kappa shape index (κ3) is 4.69. The van der Waals surface area contributed by atoms with Crippen LogP contribution in [0.4, 0.5) is 10.2 Å². The SMILES string of the molecule is COc1ccccc1OCc1nc(SCc2ccc(F)cc2)nc(N)c1C#N. The Morgan fingerprint density at radius 2 is 1.82 bits per heavy atom. The van der Waals surface area contributed by atoms with E-state index in [1.807, 2.05) is 18.2 Å². The van der Waals surface area contributed by atoms with E-state index in [9.17, 15) is 9.65 Å². The zero-order chi connectivity index (χ0) is 19.9. The Morgan fingerprint density at radius 3 is 2.50 bits per heavy atom. The first-order valence-corrected chi connectivity index (χ1v) is 9.29. The largest absolute Gasteiger partial charge is 0.493 e. The maximum atomic E-state index is 13.0. The fraction of sp³-hybridized carbons (Fsp3) is 0.150. The van der Waals surface area contributed by atoms with Gasteiger partial charge in [0.25, 0.3) is 0 Å². The number of hydrogen-bond donors (Lipinski definition) is 1. The molecule has 28 heavy (non-hydrogen) atoms. The minimum atomic E-state index is -0.289. The van der Waals surface area contributed by atoms with Crippen LogP contribution in [-0.2, 0) is 12.4 Å². The number of benzene rings is 2. The molecule has 0 fully saturated rings. The molecule has 2 N–H and O–H groups in total. The quantitative estimate of drug-likeness (QED) is 0.477. The van der Waals surface area contributed by atoms with E-state index >= 15 is 0 Å². The predicted octanol–water partition coefficient (Wildman–Crippen LogP) is 3.95. The molecule has 1 aromatic heterocycles. The highest BCUT2D eigenvalue weighted by Crippen LogP contribution is 2.28. The van der Waals surface area contributed by atoms with Gasteiger partial charge in [-0.1, -0.05) is 36.0 Å². The van der Waals surface area contributed by atoms with Crippen LogP contribution in [0.1, 0.15) is 16.8 Å². The molecule has 1 heterocycles. The molecule has 6 nitrogen and oxygen atoms in total. The van der Waals surface area contributed by atoms with E-state index < -0.39 is 0 Å². The molecule has 0 aliphatic heterocycles. The number of aromatic nitrogens is 2. The number of nitrogen functional groups attached to an aromatic ring is 1. The van der Waals surface area contributed by atoms with Crippen LogP contribution in [0.3, 0.4) is 0 Å². The Morgan fingerprint density at radius 1 is 1.11 bits per heavy atom. The summed E-state index contributed by atoms with van der Waals surface area (Å²) in [6.45, 7) is 0.0418. The van der Waals surface area contributed by atoms with Crippen LogP contribution in [0.15, 0.2) is 53.7 Å². The fourth-order valence-electron chi connectivity index (χ4n) is 2.41. The summed E-state index contributed by atoms with van der Waals surface area (Å²) in [6, 6.07) is 15.4. The van der Waals surface area contributed by atoms with Crippen molar-refractivity contribution >= 4 is 17.6 Å². The maximum Gasteiger partial charge on any atom is 0.190 e. The number of nitrogens with zero attached hydrogens (tertiary/aromatic N) is 3. The van der Waals surface area contributed by atoms with Gasteiger partial charge >= 0.3 is 0 Å². The minimum absolute atomic E-state index is 0.0418. The van der Waals surface area contributed by atoms with Gasteiger partial charge in [-0.2, -0.15) is 5.26 Å². The molecular formula is C20H17FN4O2S. The van der Waals surface area contributed by atoms with Gasteiger partial charge in [0.15, 0.2) is 16.7 Å². The van der Waals surface area contributed by atoms with Gasteiger partial charge in [-0.15, -0.1) is 0 Å². The third-order valence-corrected chi connectivity index (χ3v) is 4.74. The fourth-order valence-corrected chi connectivity index (χ4v) is 3.23. The molecule has 0 aliphatic carbocycles. The molecule has 2 aromatic carbocycles. The molecule has 0 aliphatic rings. The molecule has 0 amide bonds. The van der Waals surface area contributed by atoms with Crippen LogP contribution in [0.2, 0.25) is 0 Å². The summed E-state index contributed by atoms with van der Waals surface area (Å²) in [7, 11) is 1.55. The molecule has 8 heteroatoms. The Bertz CT molecular complexity index is 1010. The highest BCUT2D eigenvalue weighted by Gasteiger charge is 2.14. The number of halogens is 1. The van der Waals surface area contributed by atoms with Gasteiger partial charge in [0.05, 0.1) is 7.11 Å². The van der Waals surface area contributed by atoms with E-state index in [4.69, 9.17) is 15.2 Å². The Hall–Kier alpha value is -3.31. The summed E-state index contributed by atoms with van der Waals surface area (Å²) >= 11 is 1.34. The summed E-state index contributed by atoms with van der Waals surface area (Å²) in [6.07, 6.45) is 0. The van der Waals surface area contributed by atoms with Crippen molar-refractivity contribution in [2.75, 3.05) is 12.8 Å². The number of nitriles is 1. The van der Waals surface area contributed by atoms with Gasteiger partial charge in [-0.3, -0.25) is 0 Å². The van der Waals surface area contributed by atoms with Crippen molar-refractivity contribution in [3.63, 3.8) is 0 Å². The summed E-state index contributed by atoms with van der Waals surface area (Å²) in [5, 5.41) is 9.81. The molecule has 0 spiro atoms. The first-order chi connectivity index (χ1) is 13.6. The summed E-state index contributed by atoms with van der Waals surface area (Å²) < 4.78 is 24.0. The summed E-state index contributed by atoms with van der Waals surface area (Å²) in [5.41, 5.74) is 7.42. The topological polar surface area (TPSA) is 94.1 Å². The van der Waals surface area contributed by atoms with Gasteiger partial charge in [0, 0.05) is 5.75 Å². The number of hydrogen-bond acceptors (Lipinski definition) is 7. The van der Waals surface area contributed by atoms with Gasteiger partial charge in [0.2, 0.25) is 0 Å². The first-order valence-electron chi connectivity index (χ1n) is 8.30. The molecular weight excluding hydrogens is 379 g/mol. The third-order valence-electron chi connectivity index (χ3n) is 3.82. The van der Waals surface area contributed by atoms with E-state index in [0.29, 0.717) is 28.1 Å². The lowest BCUT2D eigenvalue weighted by Gasteiger charge is -2.12. The summed E-state index contributed by atoms with van der Waals surface area (Å²) in [5.74, 6) is 1.46. The smallest absolute Gasteiger partial charge is 0.190 e. The van der Waals surface area contributed by atoms with Crippen LogP contribution in [0.5, 0.6) is 11.5 Å². The Kier molecular flexibility index (Phi) is 6.29. The van der Waals surface area contributed by atoms with Crippen LogP contribution >= 0.6 is 11.8 Å². The van der Waals surface area contributed by atoms with Gasteiger partial charge in [-0.05, 0) is 29.8 Å². The van der Waals surface area contributed by atoms with Gasteiger partial charge < -0.3 is 15.2 Å². The van der Waals surface area contributed by atoms with E-state index in [1.165, 1.54) is 23.9 Å². The lowest BCUT2D eigenvalue weighted by Crippen LogP contribution is -2.08. The highest BCUT2D eigenvalue weighted by molar-refractivity contribution is 7.98. The second-order valence-electron chi connectivity index (χ2n) is 5.68. The number of rotatable bonds is 7. The average molecular weight is 396 g/mol. The molecule has 142 valence electrons. The van der Waals surface area contributed by atoms with E-state index in [0.717, 1.165) is 5.56 Å². The van der Waals surface area contributed by atoms with Crippen molar-refractivity contribution in [1.29, 1.82) is 5.26 Å². The second-order valence-corrected chi connectivity index (χ2v) is 6.62. The number of nitrogens with two attached hydrogens (primary N) is 1. The first kappa shape index (κ1) is 19.5. The van der Waals surface area contributed by atoms with Crippen LogP contribution < -0.4 is 15.2 Å². The lowest BCUT2D eigenvalue weighted by molar-refractivity contribution is 0.279. The Balaban J connectivity index is 1.77. The number of methoxy groups -OCH3 is 1. The maximum absolute atomic E-state index is 13.0. The zero-order valence-corrected chi connectivity index (χ0v) is 15.9. The van der Waals surface area contributed by atoms with Crippen molar-refractivity contribution in [2.45, 2.75) is 17.5 Å². The van der Waals surface area contributed by atoms with Gasteiger partial charge in [0.1, 0.15) is 35.6 Å². The number of ether oxygens (including phenoxy) is 2. The molecule has 0 bridgehead atoms. The number of anilines is 1. The molecule has 0 saturated carbocycles. The zero-order valence-electron chi connectivity index (χ0n) is 15.1. The van der Waals surface area contributed by atoms with E-state index in [2.05, 4.69) is 9.97 Å². The van der Waals surface area contributed by atoms with Crippen LogP contribution in [0.25, 0.3) is 0 Å². The van der Waals surface area contributed by atoms with Crippen molar-refractivity contribution < 1.29 is 13.9 Å². The van der Waals surface area contributed by atoms with Crippen molar-refractivity contribution in [3.8, 4) is 17.6 Å². The molecule has 0 radical (unpaired) electrons. The predicted molar refractivity (Wildman–Crippen MR) is 104 cm³/mol. The molecule has 0 unspecified atom stereocenters. The van der Waals surface area contributed by atoms with Crippen molar-refractivity contribution in [3.05, 3.63) is 71.2 Å². The monoisotopic (exact) mass is 396 g/mol. The molecule has 3 rings (SSSR count). The lowest BCUT2D eigenvalue weighted by atomic mass is 10.2. The highest BCUT2D eigenvalue weighted by atomic mass is 32.2. The molecule has 0 atom stereocenters. The average Bonchev–Trinajstić information content (AvgIpc) is 2.71. The van der Waals surface area contributed by atoms with Gasteiger partial charge in [-0.25, -0.2) is 14.4 Å². The van der Waals surface area contributed by atoms with E-state index in [-0.39, 0.29) is 23.8 Å². The number of para-hydroxylation sites is 2. The van der Waals surface area contributed by atoms with Crippen LogP contribution in [0, 0.1) is 17.1 Å². The van der Waals surface area contributed by atoms with Crippen LogP contribution in [-0.4, -0.2) is 17.1 Å². The minimum Gasteiger partial charge on any atom is -0.493 e. The molecule has 0 saturated heterocycles. The molecule has 3 aromatic rings. The van der Waals surface area contributed by atoms with E-state index in [1.54, 1.807) is 31.4 Å².